The number of piperidine rings is 2. The lowest BCUT2D eigenvalue weighted by Gasteiger charge is -2.32. The van der Waals surface area contributed by atoms with Gasteiger partial charge in [-0.15, -0.1) is 0 Å². The number of carbonyl (C=O) groups is 1. The number of hydrogen-bond donors (Lipinski definition) is 0. The first-order valence-electron chi connectivity index (χ1n) is 9.98. The topological polar surface area (TPSA) is 66.9 Å². The number of ether oxygens (including phenoxy) is 1. The Kier molecular flexibility index (Phi) is 7.13. The third-order valence-electron chi connectivity index (χ3n) is 5.57. The van der Waals surface area contributed by atoms with Gasteiger partial charge in [0.1, 0.15) is 6.61 Å². The van der Waals surface area contributed by atoms with Crippen LogP contribution in [0.15, 0.2) is 30.3 Å². The third-order valence-corrected chi connectivity index (χ3v) is 7.47. The first kappa shape index (κ1) is 20.1. The molecule has 3 rings (SSSR count). The average Bonchev–Trinajstić information content (AvgIpc) is 2.72. The first-order chi connectivity index (χ1) is 13.0. The molecule has 150 valence electrons. The highest BCUT2D eigenvalue weighted by Gasteiger charge is 2.28. The van der Waals surface area contributed by atoms with Gasteiger partial charge < -0.3 is 9.64 Å². The predicted octanol–water partition coefficient (Wildman–Crippen LogP) is 3.24. The van der Waals surface area contributed by atoms with Crippen LogP contribution in [0, 0.1) is 5.92 Å². The number of hydrogen-bond acceptors (Lipinski definition) is 4. The standard InChI is InChI=1S/C20H30N2O4S/c23-20(26-17-19-7-3-1-4-8-19)21-14-9-18(10-15-21)11-16-27(24,25)22-12-5-2-6-13-22/h1,3-4,7-8,18H,2,5-6,9-17H2. The van der Waals surface area contributed by atoms with E-state index in [0.29, 0.717) is 38.5 Å². The Hall–Kier alpha value is -1.60. The number of likely N-dealkylation sites (tertiary alicyclic amines) is 1. The summed E-state index contributed by atoms with van der Waals surface area (Å²) in [6, 6.07) is 9.64. The van der Waals surface area contributed by atoms with Crippen molar-refractivity contribution < 1.29 is 17.9 Å². The SMILES string of the molecule is O=C(OCc1ccccc1)N1CCC(CCS(=O)(=O)N2CCCCC2)CC1. The van der Waals surface area contributed by atoms with E-state index in [9.17, 15) is 13.2 Å². The minimum absolute atomic E-state index is 0.232. The van der Waals surface area contributed by atoms with Crippen LogP contribution in [0.2, 0.25) is 0 Å². The maximum Gasteiger partial charge on any atom is 0.410 e. The second-order valence-corrected chi connectivity index (χ2v) is 9.62. The van der Waals surface area contributed by atoms with E-state index in [0.717, 1.165) is 37.7 Å². The molecule has 0 aliphatic carbocycles. The Morgan fingerprint density at radius 3 is 2.33 bits per heavy atom. The van der Waals surface area contributed by atoms with Crippen molar-refractivity contribution in [2.24, 2.45) is 5.92 Å². The van der Waals surface area contributed by atoms with Gasteiger partial charge in [-0.3, -0.25) is 0 Å². The maximum atomic E-state index is 12.5. The van der Waals surface area contributed by atoms with E-state index in [1.165, 1.54) is 0 Å². The average molecular weight is 395 g/mol. The van der Waals surface area contributed by atoms with Crippen LogP contribution in [-0.2, 0) is 21.4 Å². The molecule has 7 heteroatoms. The van der Waals surface area contributed by atoms with E-state index in [1.54, 1.807) is 9.21 Å². The number of sulfonamides is 1. The molecule has 0 unspecified atom stereocenters. The van der Waals surface area contributed by atoms with Gasteiger partial charge in [0.15, 0.2) is 0 Å². The summed E-state index contributed by atoms with van der Waals surface area (Å²) in [4.78, 5) is 13.9. The number of amides is 1. The Balaban J connectivity index is 1.37. The molecule has 2 fully saturated rings. The van der Waals surface area contributed by atoms with Crippen LogP contribution in [0.25, 0.3) is 0 Å². The Bertz CT molecular complexity index is 694. The van der Waals surface area contributed by atoms with E-state index in [2.05, 4.69) is 0 Å². The van der Waals surface area contributed by atoms with Crippen molar-refractivity contribution >= 4 is 16.1 Å². The molecule has 2 heterocycles. The number of nitrogens with zero attached hydrogens (tertiary/aromatic N) is 2. The third kappa shape index (κ3) is 5.94. The summed E-state index contributed by atoms with van der Waals surface area (Å²) >= 11 is 0. The van der Waals surface area contributed by atoms with Gasteiger partial charge >= 0.3 is 6.09 Å². The lowest BCUT2D eigenvalue weighted by atomic mass is 9.95. The molecule has 2 saturated heterocycles. The highest BCUT2D eigenvalue weighted by atomic mass is 32.2. The fourth-order valence-corrected chi connectivity index (χ4v) is 5.51. The highest BCUT2D eigenvalue weighted by Crippen LogP contribution is 2.23. The minimum atomic E-state index is -3.12. The van der Waals surface area contributed by atoms with Crippen molar-refractivity contribution in [2.75, 3.05) is 31.9 Å². The van der Waals surface area contributed by atoms with Crippen molar-refractivity contribution in [1.82, 2.24) is 9.21 Å². The molecule has 0 N–H and O–H groups in total. The van der Waals surface area contributed by atoms with Crippen LogP contribution in [0.5, 0.6) is 0 Å². The summed E-state index contributed by atoms with van der Waals surface area (Å²) in [5.41, 5.74) is 0.976. The van der Waals surface area contributed by atoms with E-state index < -0.39 is 10.0 Å². The van der Waals surface area contributed by atoms with Crippen LogP contribution >= 0.6 is 0 Å². The second-order valence-electron chi connectivity index (χ2n) is 7.53. The molecule has 0 aromatic heterocycles. The Morgan fingerprint density at radius 1 is 1.00 bits per heavy atom. The van der Waals surface area contributed by atoms with Crippen LogP contribution in [0.4, 0.5) is 4.79 Å². The summed E-state index contributed by atoms with van der Waals surface area (Å²) in [7, 11) is -3.12. The fraction of sp³-hybridized carbons (Fsp3) is 0.650. The van der Waals surface area contributed by atoms with Gasteiger partial charge in [0.05, 0.1) is 5.75 Å². The monoisotopic (exact) mass is 394 g/mol. The van der Waals surface area contributed by atoms with E-state index in [-0.39, 0.29) is 18.5 Å². The quantitative estimate of drug-likeness (QED) is 0.743. The summed E-state index contributed by atoms with van der Waals surface area (Å²) < 4.78 is 32.0. The van der Waals surface area contributed by atoms with E-state index in [1.807, 2.05) is 30.3 Å². The molecule has 1 amide bonds. The molecule has 0 atom stereocenters. The van der Waals surface area contributed by atoms with Gasteiger partial charge in [-0.25, -0.2) is 17.5 Å². The van der Waals surface area contributed by atoms with E-state index >= 15 is 0 Å². The van der Waals surface area contributed by atoms with Gasteiger partial charge in [-0.2, -0.15) is 0 Å². The zero-order valence-electron chi connectivity index (χ0n) is 15.9. The molecular weight excluding hydrogens is 364 g/mol. The highest BCUT2D eigenvalue weighted by molar-refractivity contribution is 7.89. The van der Waals surface area contributed by atoms with Crippen molar-refractivity contribution in [3.63, 3.8) is 0 Å². The maximum absolute atomic E-state index is 12.5. The zero-order valence-corrected chi connectivity index (χ0v) is 16.7. The lowest BCUT2D eigenvalue weighted by molar-refractivity contribution is 0.0820. The molecule has 1 aromatic rings. The van der Waals surface area contributed by atoms with Crippen LogP contribution in [0.3, 0.4) is 0 Å². The minimum Gasteiger partial charge on any atom is -0.445 e. The van der Waals surface area contributed by atoms with Crippen molar-refractivity contribution in [1.29, 1.82) is 0 Å². The van der Waals surface area contributed by atoms with E-state index in [4.69, 9.17) is 4.74 Å². The van der Waals surface area contributed by atoms with Crippen molar-refractivity contribution in [3.8, 4) is 0 Å². The summed E-state index contributed by atoms with van der Waals surface area (Å²) in [6.45, 7) is 2.92. The number of benzene rings is 1. The molecule has 0 spiro atoms. The molecule has 6 nitrogen and oxygen atoms in total. The molecule has 1 aromatic carbocycles. The molecule has 2 aliphatic rings. The predicted molar refractivity (Wildman–Crippen MR) is 105 cm³/mol. The smallest absolute Gasteiger partial charge is 0.410 e. The molecule has 0 radical (unpaired) electrons. The van der Waals surface area contributed by atoms with Gasteiger partial charge in [0.2, 0.25) is 10.0 Å². The van der Waals surface area contributed by atoms with Crippen LogP contribution in [-0.4, -0.2) is 55.6 Å². The normalized spacial score (nSPS) is 19.8. The van der Waals surface area contributed by atoms with Gasteiger partial charge in [0.25, 0.3) is 0 Å². The van der Waals surface area contributed by atoms with Gasteiger partial charge in [-0.05, 0) is 43.6 Å². The summed E-state index contributed by atoms with van der Waals surface area (Å²) in [6.07, 6.45) is 5.17. The van der Waals surface area contributed by atoms with Crippen molar-refractivity contribution in [3.05, 3.63) is 35.9 Å². The Labute approximate surface area is 162 Å². The summed E-state index contributed by atoms with van der Waals surface area (Å²) in [5, 5.41) is 0. The molecule has 2 aliphatic heterocycles. The van der Waals surface area contributed by atoms with Crippen LogP contribution < -0.4 is 0 Å². The molecule has 0 bridgehead atoms. The second kappa shape index (κ2) is 9.55. The fourth-order valence-electron chi connectivity index (χ4n) is 3.80. The first-order valence-corrected chi connectivity index (χ1v) is 11.6. The largest absolute Gasteiger partial charge is 0.445 e. The lowest BCUT2D eigenvalue weighted by Crippen LogP contribution is -2.40. The van der Waals surface area contributed by atoms with Gasteiger partial charge in [-0.1, -0.05) is 36.8 Å². The molecular formula is C20H30N2O4S. The Morgan fingerprint density at radius 2 is 1.67 bits per heavy atom. The zero-order chi connectivity index (χ0) is 19.1. The number of rotatable bonds is 6. The molecule has 0 saturated carbocycles. The summed E-state index contributed by atoms with van der Waals surface area (Å²) in [5.74, 6) is 0.596. The van der Waals surface area contributed by atoms with Gasteiger partial charge in [0, 0.05) is 26.2 Å². The van der Waals surface area contributed by atoms with Crippen LogP contribution in [0.1, 0.15) is 44.1 Å². The molecule has 27 heavy (non-hydrogen) atoms. The van der Waals surface area contributed by atoms with Crippen molar-refractivity contribution in [2.45, 2.75) is 45.1 Å². The number of carbonyl (C=O) groups excluding carboxylic acids is 1.